The summed E-state index contributed by atoms with van der Waals surface area (Å²) in [6.45, 7) is 2.41. The van der Waals surface area contributed by atoms with E-state index in [1.165, 1.54) is 36.6 Å². The van der Waals surface area contributed by atoms with Crippen LogP contribution < -0.4 is 10.6 Å². The maximum atomic E-state index is 15.8. The van der Waals surface area contributed by atoms with Gasteiger partial charge in [0.25, 0.3) is 11.7 Å². The molecule has 2 aromatic carbocycles. The molecule has 0 bridgehead atoms. The van der Waals surface area contributed by atoms with Crippen LogP contribution in [0.4, 0.5) is 13.2 Å². The van der Waals surface area contributed by atoms with Crippen molar-refractivity contribution in [3.8, 4) is 0 Å². The number of carbonyl (C=O) groups is 3. The van der Waals surface area contributed by atoms with Gasteiger partial charge in [0.15, 0.2) is 11.9 Å². The van der Waals surface area contributed by atoms with Gasteiger partial charge in [-0.1, -0.05) is 49.2 Å². The van der Waals surface area contributed by atoms with E-state index in [0.717, 1.165) is 4.70 Å². The van der Waals surface area contributed by atoms with E-state index in [2.05, 4.69) is 10.6 Å². The second-order valence-corrected chi connectivity index (χ2v) is 10.1. The van der Waals surface area contributed by atoms with Crippen molar-refractivity contribution >= 4 is 62.6 Å². The first-order valence-corrected chi connectivity index (χ1v) is 12.0. The van der Waals surface area contributed by atoms with Crippen molar-refractivity contribution in [1.29, 1.82) is 0 Å². The van der Waals surface area contributed by atoms with Crippen LogP contribution in [0.15, 0.2) is 47.8 Å². The van der Waals surface area contributed by atoms with Gasteiger partial charge >= 0.3 is 6.43 Å². The van der Waals surface area contributed by atoms with Gasteiger partial charge in [-0.25, -0.2) is 18.5 Å². The van der Waals surface area contributed by atoms with E-state index in [-0.39, 0.29) is 18.3 Å². The fourth-order valence-electron chi connectivity index (χ4n) is 3.61. The minimum absolute atomic E-state index is 0.140. The van der Waals surface area contributed by atoms with E-state index in [1.807, 2.05) is 0 Å². The van der Waals surface area contributed by atoms with E-state index in [4.69, 9.17) is 23.2 Å². The summed E-state index contributed by atoms with van der Waals surface area (Å²) >= 11 is 13.3. The summed E-state index contributed by atoms with van der Waals surface area (Å²) in [4.78, 5) is 37.9. The van der Waals surface area contributed by atoms with E-state index in [9.17, 15) is 23.2 Å². The van der Waals surface area contributed by atoms with Gasteiger partial charge in [0.05, 0.1) is 5.56 Å². The van der Waals surface area contributed by atoms with Gasteiger partial charge in [0.1, 0.15) is 0 Å². The van der Waals surface area contributed by atoms with Gasteiger partial charge in [-0.15, -0.1) is 11.3 Å². The number of ketones is 1. The minimum atomic E-state index is -3.65. The smallest absolute Gasteiger partial charge is 0.300 e. The number of hydrogen-bond donors (Lipinski definition) is 2. The summed E-state index contributed by atoms with van der Waals surface area (Å²) in [6.07, 6.45) is -3.85. The number of rotatable bonds is 10. The molecule has 186 valence electrons. The molecule has 0 saturated heterocycles. The second kappa shape index (κ2) is 10.7. The highest BCUT2D eigenvalue weighted by Gasteiger charge is 2.52. The lowest BCUT2D eigenvalue weighted by molar-refractivity contribution is -0.151. The molecule has 3 rings (SSSR count). The van der Waals surface area contributed by atoms with Crippen LogP contribution in [0.5, 0.6) is 0 Å². The van der Waals surface area contributed by atoms with Crippen LogP contribution in [-0.2, 0) is 16.0 Å². The Morgan fingerprint density at radius 2 is 1.80 bits per heavy atom. The number of aldehydes is 1. The summed E-state index contributed by atoms with van der Waals surface area (Å²) in [5.74, 6) is -7.48. The van der Waals surface area contributed by atoms with Crippen molar-refractivity contribution in [1.82, 2.24) is 10.6 Å². The van der Waals surface area contributed by atoms with Crippen LogP contribution in [0.2, 0.25) is 10.0 Å². The van der Waals surface area contributed by atoms with Gasteiger partial charge in [-0.05, 0) is 35.9 Å². The van der Waals surface area contributed by atoms with Crippen LogP contribution >= 0.6 is 34.5 Å². The van der Waals surface area contributed by atoms with Crippen molar-refractivity contribution in [3.63, 3.8) is 0 Å². The predicted octanol–water partition coefficient (Wildman–Crippen LogP) is 5.82. The molecule has 0 saturated carbocycles. The Balaban J connectivity index is 2.08. The van der Waals surface area contributed by atoms with Crippen LogP contribution in [0.1, 0.15) is 29.8 Å². The molecule has 2 atom stereocenters. The number of hydrogen-bond acceptors (Lipinski definition) is 5. The van der Waals surface area contributed by atoms with Gasteiger partial charge < -0.3 is 5.32 Å². The maximum absolute atomic E-state index is 15.8. The largest absolute Gasteiger partial charge is 0.327 e. The fourth-order valence-corrected chi connectivity index (χ4v) is 4.92. The molecule has 0 aliphatic rings. The van der Waals surface area contributed by atoms with Gasteiger partial charge in [-0.3, -0.25) is 14.4 Å². The van der Waals surface area contributed by atoms with E-state index in [0.29, 0.717) is 21.0 Å². The highest BCUT2D eigenvalue weighted by molar-refractivity contribution is 7.17. The van der Waals surface area contributed by atoms with Crippen LogP contribution in [0.3, 0.4) is 0 Å². The summed E-state index contributed by atoms with van der Waals surface area (Å²) in [5, 5.41) is 7.25. The summed E-state index contributed by atoms with van der Waals surface area (Å²) in [7, 11) is 0. The first-order valence-electron chi connectivity index (χ1n) is 10.4. The molecule has 2 N–H and O–H groups in total. The van der Waals surface area contributed by atoms with E-state index < -0.39 is 35.5 Å². The number of alkyl halides is 3. The number of thiophene rings is 1. The molecule has 1 amide bonds. The van der Waals surface area contributed by atoms with Crippen LogP contribution in [0, 0.1) is 5.92 Å². The first-order chi connectivity index (χ1) is 16.4. The number of amides is 1. The van der Waals surface area contributed by atoms with Gasteiger partial charge in [-0.2, -0.15) is 0 Å². The SMILES string of the molecule is CC(C)[C@@](F)(N[C@](C=O)(Cc1cccc(Cl)c1)NC(=O)c1csc2ccc(Cl)cc12)C(=O)C(F)F. The Morgan fingerprint density at radius 1 is 1.11 bits per heavy atom. The molecule has 5 nitrogen and oxygen atoms in total. The van der Waals surface area contributed by atoms with E-state index in [1.54, 1.807) is 36.4 Å². The van der Waals surface area contributed by atoms with E-state index >= 15 is 4.39 Å². The maximum Gasteiger partial charge on any atom is 0.300 e. The Morgan fingerprint density at radius 3 is 2.40 bits per heavy atom. The molecule has 3 aromatic rings. The standard InChI is InChI=1S/C24H21Cl2F3N2O3S/c1-13(2)24(29,20(33)21(27)28)31-23(12-32,10-14-4-3-5-15(25)8-14)30-22(34)18-11-35-19-7-6-16(26)9-17(18)19/h3-9,11-13,21,31H,10H2,1-2H3,(H,30,34)/t23-,24+/m0/s1. The molecule has 0 aliphatic carbocycles. The zero-order chi connectivity index (χ0) is 26.0. The molecule has 0 aliphatic heterocycles. The average Bonchev–Trinajstić information content (AvgIpc) is 3.21. The van der Waals surface area contributed by atoms with Gasteiger partial charge in [0.2, 0.25) is 5.79 Å². The zero-order valence-electron chi connectivity index (χ0n) is 18.6. The molecule has 0 spiro atoms. The molecule has 1 aromatic heterocycles. The number of halogens is 5. The van der Waals surface area contributed by atoms with Crippen LogP contribution in [-0.4, -0.2) is 35.9 Å². The first kappa shape index (κ1) is 27.1. The Kier molecular flexibility index (Phi) is 8.26. The highest BCUT2D eigenvalue weighted by atomic mass is 35.5. The summed E-state index contributed by atoms with van der Waals surface area (Å²) in [6, 6.07) is 11.1. The molecular weight excluding hydrogens is 524 g/mol. The third-order valence-corrected chi connectivity index (χ3v) is 6.88. The minimum Gasteiger partial charge on any atom is -0.327 e. The monoisotopic (exact) mass is 544 g/mol. The lowest BCUT2D eigenvalue weighted by Gasteiger charge is -2.39. The summed E-state index contributed by atoms with van der Waals surface area (Å²) in [5.41, 5.74) is -1.76. The molecule has 35 heavy (non-hydrogen) atoms. The van der Waals surface area contributed by atoms with Gasteiger partial charge in [0, 0.05) is 37.9 Å². The normalized spacial score (nSPS) is 15.1. The highest BCUT2D eigenvalue weighted by Crippen LogP contribution is 2.31. The van der Waals surface area contributed by atoms with Crippen molar-refractivity contribution in [2.75, 3.05) is 0 Å². The molecular formula is C24H21Cl2F3N2O3S. The topological polar surface area (TPSA) is 75.3 Å². The number of nitrogens with one attached hydrogen (secondary N) is 2. The molecule has 11 heteroatoms. The number of benzene rings is 2. The fraction of sp³-hybridized carbons (Fsp3) is 0.292. The molecule has 0 radical (unpaired) electrons. The number of fused-ring (bicyclic) bond motifs is 1. The second-order valence-electron chi connectivity index (χ2n) is 8.30. The third-order valence-electron chi connectivity index (χ3n) is 5.45. The Hall–Kier alpha value is -2.46. The zero-order valence-corrected chi connectivity index (χ0v) is 20.9. The molecule has 0 unspecified atom stereocenters. The third kappa shape index (κ3) is 5.86. The predicted molar refractivity (Wildman–Crippen MR) is 131 cm³/mol. The Labute approximate surface area is 213 Å². The average molecular weight is 545 g/mol. The Bertz CT molecular complexity index is 1270. The number of carbonyl (C=O) groups excluding carboxylic acids is 3. The molecule has 1 heterocycles. The van der Waals surface area contributed by atoms with Crippen molar-refractivity contribution in [2.45, 2.75) is 38.1 Å². The summed E-state index contributed by atoms with van der Waals surface area (Å²) < 4.78 is 43.2. The lowest BCUT2D eigenvalue weighted by atomic mass is 9.91. The van der Waals surface area contributed by atoms with Crippen molar-refractivity contribution < 1.29 is 27.6 Å². The van der Waals surface area contributed by atoms with Crippen LogP contribution in [0.25, 0.3) is 10.1 Å². The van der Waals surface area contributed by atoms with Crippen molar-refractivity contribution in [3.05, 3.63) is 69.0 Å². The lowest BCUT2D eigenvalue weighted by Crippen LogP contribution is -2.71. The quantitative estimate of drug-likeness (QED) is 0.191. The molecule has 0 fully saturated rings. The van der Waals surface area contributed by atoms with Crippen molar-refractivity contribution in [2.24, 2.45) is 5.92 Å². The number of Topliss-reactive ketones (excluding diaryl/α,β-unsaturated/α-hetero) is 1.